The molecular formula is C13H14Cl2N2O3. The summed E-state index contributed by atoms with van der Waals surface area (Å²) in [6, 6.07) is 4.92. The van der Waals surface area contributed by atoms with Gasteiger partial charge in [0.25, 0.3) is 0 Å². The largest absolute Gasteiger partial charge is 0.378 e. The van der Waals surface area contributed by atoms with Gasteiger partial charge in [0.1, 0.15) is 6.42 Å². The van der Waals surface area contributed by atoms with Gasteiger partial charge in [-0.1, -0.05) is 29.3 Å². The van der Waals surface area contributed by atoms with Gasteiger partial charge in [0, 0.05) is 13.1 Å². The van der Waals surface area contributed by atoms with Crippen molar-refractivity contribution in [2.24, 2.45) is 0 Å². The van der Waals surface area contributed by atoms with Crippen LogP contribution in [0.4, 0.5) is 5.69 Å². The third-order valence-corrected chi connectivity index (χ3v) is 3.53. The summed E-state index contributed by atoms with van der Waals surface area (Å²) in [7, 11) is 0. The summed E-state index contributed by atoms with van der Waals surface area (Å²) in [5.74, 6) is -0.662. The van der Waals surface area contributed by atoms with Crippen molar-refractivity contribution < 1.29 is 14.3 Å². The number of anilines is 1. The molecule has 0 aliphatic carbocycles. The molecule has 0 unspecified atom stereocenters. The van der Waals surface area contributed by atoms with Gasteiger partial charge >= 0.3 is 0 Å². The number of carbonyl (C=O) groups is 2. The van der Waals surface area contributed by atoms with E-state index in [0.717, 1.165) is 0 Å². The molecule has 20 heavy (non-hydrogen) atoms. The summed E-state index contributed by atoms with van der Waals surface area (Å²) in [4.78, 5) is 25.4. The van der Waals surface area contributed by atoms with E-state index >= 15 is 0 Å². The maximum absolute atomic E-state index is 11.9. The van der Waals surface area contributed by atoms with E-state index in [1.165, 1.54) is 0 Å². The highest BCUT2D eigenvalue weighted by Gasteiger charge is 2.20. The lowest BCUT2D eigenvalue weighted by Crippen LogP contribution is -2.41. The number of nitrogens with one attached hydrogen (secondary N) is 1. The molecule has 1 aromatic carbocycles. The first kappa shape index (κ1) is 15.1. The molecule has 1 aliphatic heterocycles. The molecule has 0 bridgehead atoms. The predicted octanol–water partition coefficient (Wildman–Crippen LogP) is 2.18. The van der Waals surface area contributed by atoms with E-state index in [2.05, 4.69) is 5.32 Å². The fourth-order valence-corrected chi connectivity index (χ4v) is 2.35. The van der Waals surface area contributed by atoms with Crippen LogP contribution < -0.4 is 5.32 Å². The van der Waals surface area contributed by atoms with Crippen LogP contribution in [0.25, 0.3) is 0 Å². The van der Waals surface area contributed by atoms with Gasteiger partial charge in [-0.2, -0.15) is 0 Å². The van der Waals surface area contributed by atoms with E-state index in [1.54, 1.807) is 23.1 Å². The molecule has 2 rings (SSSR count). The van der Waals surface area contributed by atoms with E-state index in [1.807, 2.05) is 0 Å². The molecule has 7 heteroatoms. The van der Waals surface area contributed by atoms with Gasteiger partial charge in [0.2, 0.25) is 11.8 Å². The number of carbonyl (C=O) groups excluding carboxylic acids is 2. The van der Waals surface area contributed by atoms with Gasteiger partial charge in [-0.3, -0.25) is 9.59 Å². The summed E-state index contributed by atoms with van der Waals surface area (Å²) >= 11 is 11.9. The van der Waals surface area contributed by atoms with E-state index < -0.39 is 5.91 Å². The second-order valence-corrected chi connectivity index (χ2v) is 5.13. The third kappa shape index (κ3) is 3.85. The number of halogens is 2. The van der Waals surface area contributed by atoms with Gasteiger partial charge < -0.3 is 15.0 Å². The molecule has 0 saturated carbocycles. The van der Waals surface area contributed by atoms with Gasteiger partial charge in [-0.15, -0.1) is 0 Å². The van der Waals surface area contributed by atoms with Gasteiger partial charge in [-0.05, 0) is 12.1 Å². The smallest absolute Gasteiger partial charge is 0.233 e. The van der Waals surface area contributed by atoms with Crippen molar-refractivity contribution in [3.8, 4) is 0 Å². The van der Waals surface area contributed by atoms with Gasteiger partial charge in [0.05, 0.1) is 28.9 Å². The fraction of sp³-hybridized carbons (Fsp3) is 0.385. The van der Waals surface area contributed by atoms with E-state index in [-0.39, 0.29) is 12.3 Å². The number of rotatable bonds is 3. The van der Waals surface area contributed by atoms with E-state index in [4.69, 9.17) is 27.9 Å². The zero-order valence-corrected chi connectivity index (χ0v) is 12.2. The van der Waals surface area contributed by atoms with Crippen molar-refractivity contribution in [1.82, 2.24) is 4.90 Å². The van der Waals surface area contributed by atoms with Crippen LogP contribution >= 0.6 is 23.2 Å². The number of ether oxygens (including phenoxy) is 1. The second-order valence-electron chi connectivity index (χ2n) is 4.31. The van der Waals surface area contributed by atoms with Crippen molar-refractivity contribution in [3.63, 3.8) is 0 Å². The number of hydrogen-bond acceptors (Lipinski definition) is 3. The first-order valence-electron chi connectivity index (χ1n) is 6.17. The Kier molecular flexibility index (Phi) is 5.23. The highest BCUT2D eigenvalue weighted by molar-refractivity contribution is 6.39. The Hall–Kier alpha value is -1.30. The Balaban J connectivity index is 1.93. The molecule has 1 heterocycles. The number of morpholine rings is 1. The molecule has 1 N–H and O–H groups in total. The fourth-order valence-electron chi connectivity index (χ4n) is 1.86. The maximum Gasteiger partial charge on any atom is 0.233 e. The molecule has 0 spiro atoms. The monoisotopic (exact) mass is 316 g/mol. The Morgan fingerprint density at radius 3 is 2.40 bits per heavy atom. The molecule has 2 amide bonds. The zero-order chi connectivity index (χ0) is 14.5. The van der Waals surface area contributed by atoms with Crippen LogP contribution in [0.15, 0.2) is 18.2 Å². The van der Waals surface area contributed by atoms with Crippen LogP contribution in [0.2, 0.25) is 10.0 Å². The first-order chi connectivity index (χ1) is 9.58. The van der Waals surface area contributed by atoms with E-state index in [9.17, 15) is 9.59 Å². The quantitative estimate of drug-likeness (QED) is 0.869. The molecule has 1 saturated heterocycles. The van der Waals surface area contributed by atoms with Crippen molar-refractivity contribution in [3.05, 3.63) is 28.2 Å². The van der Waals surface area contributed by atoms with Crippen molar-refractivity contribution in [1.29, 1.82) is 0 Å². The number of para-hydroxylation sites is 1. The lowest BCUT2D eigenvalue weighted by atomic mass is 10.2. The summed E-state index contributed by atoms with van der Waals surface area (Å²) in [6.07, 6.45) is -0.235. The first-order valence-corrected chi connectivity index (χ1v) is 6.93. The topological polar surface area (TPSA) is 58.6 Å². The minimum absolute atomic E-state index is 0.228. The summed E-state index contributed by atoms with van der Waals surface area (Å²) < 4.78 is 5.15. The Labute approximate surface area is 126 Å². The standard InChI is InChI=1S/C13H14Cl2N2O3/c14-9-2-1-3-10(15)13(9)16-11(18)8-12(19)17-4-6-20-7-5-17/h1-3H,4-8H2,(H,16,18). The van der Waals surface area contributed by atoms with Gasteiger partial charge in [-0.25, -0.2) is 0 Å². The maximum atomic E-state index is 11.9. The lowest BCUT2D eigenvalue weighted by molar-refractivity contribution is -0.138. The molecular weight excluding hydrogens is 303 g/mol. The zero-order valence-electron chi connectivity index (χ0n) is 10.7. The van der Waals surface area contributed by atoms with Crippen LogP contribution in [-0.4, -0.2) is 43.0 Å². The van der Waals surface area contributed by atoms with Crippen LogP contribution in [0.3, 0.4) is 0 Å². The normalized spacial score (nSPS) is 15.0. The average Bonchev–Trinajstić information content (AvgIpc) is 2.44. The molecule has 108 valence electrons. The molecule has 1 aromatic rings. The highest BCUT2D eigenvalue weighted by atomic mass is 35.5. The molecule has 0 atom stereocenters. The van der Waals surface area contributed by atoms with Gasteiger partial charge in [0.15, 0.2) is 0 Å². The third-order valence-electron chi connectivity index (χ3n) is 2.90. The highest BCUT2D eigenvalue weighted by Crippen LogP contribution is 2.29. The molecule has 1 aliphatic rings. The second kappa shape index (κ2) is 6.92. The summed E-state index contributed by atoms with van der Waals surface area (Å²) in [5.41, 5.74) is 0.329. The Morgan fingerprint density at radius 1 is 1.20 bits per heavy atom. The van der Waals surface area contributed by atoms with E-state index in [0.29, 0.717) is 42.0 Å². The molecule has 5 nitrogen and oxygen atoms in total. The molecule has 1 fully saturated rings. The lowest BCUT2D eigenvalue weighted by Gasteiger charge is -2.26. The average molecular weight is 317 g/mol. The van der Waals surface area contributed by atoms with Crippen LogP contribution in [0, 0.1) is 0 Å². The van der Waals surface area contributed by atoms with Crippen LogP contribution in [0.1, 0.15) is 6.42 Å². The summed E-state index contributed by atoms with van der Waals surface area (Å²) in [6.45, 7) is 2.03. The number of amides is 2. The summed E-state index contributed by atoms with van der Waals surface area (Å²) in [5, 5.41) is 3.24. The number of benzene rings is 1. The molecule has 0 aromatic heterocycles. The molecule has 0 radical (unpaired) electrons. The number of hydrogen-bond donors (Lipinski definition) is 1. The van der Waals surface area contributed by atoms with Crippen LogP contribution in [-0.2, 0) is 14.3 Å². The Bertz CT molecular complexity index is 496. The number of nitrogens with zero attached hydrogens (tertiary/aromatic N) is 1. The SMILES string of the molecule is O=C(CC(=O)N1CCOCC1)Nc1c(Cl)cccc1Cl. The van der Waals surface area contributed by atoms with Crippen molar-refractivity contribution in [2.45, 2.75) is 6.42 Å². The minimum Gasteiger partial charge on any atom is -0.378 e. The van der Waals surface area contributed by atoms with Crippen LogP contribution in [0.5, 0.6) is 0 Å². The van der Waals surface area contributed by atoms with Crippen molar-refractivity contribution in [2.75, 3.05) is 31.6 Å². The predicted molar refractivity (Wildman–Crippen MR) is 77.1 cm³/mol. The Morgan fingerprint density at radius 2 is 1.80 bits per heavy atom. The minimum atomic E-state index is -0.434. The van der Waals surface area contributed by atoms with Crippen molar-refractivity contribution >= 4 is 40.7 Å².